The monoisotopic (exact) mass is 464 g/mol. The molecule has 0 bridgehead atoms. The predicted octanol–water partition coefficient (Wildman–Crippen LogP) is 4.36. The summed E-state index contributed by atoms with van der Waals surface area (Å²) >= 11 is 4.94. The highest BCUT2D eigenvalue weighted by molar-refractivity contribution is 14.1. The molecule has 7 heteroatoms. The first kappa shape index (κ1) is 16.0. The van der Waals surface area contributed by atoms with E-state index < -0.39 is 11.6 Å². The minimum Gasteiger partial charge on any atom is -0.485 e. The molecule has 2 aromatic carbocycles. The minimum absolute atomic E-state index is 0.157. The number of hydrogen-bond acceptors (Lipinski definition) is 3. The highest BCUT2D eigenvalue weighted by Gasteiger charge is 2.15. The van der Waals surface area contributed by atoms with Crippen molar-refractivity contribution >= 4 is 44.2 Å². The fourth-order valence-corrected chi connectivity index (χ4v) is 2.85. The largest absolute Gasteiger partial charge is 0.485 e. The van der Waals surface area contributed by atoms with Crippen LogP contribution < -0.4 is 10.5 Å². The molecule has 0 amide bonds. The smallest absolute Gasteiger partial charge is 0.156 e. The Kier molecular flexibility index (Phi) is 5.00. The summed E-state index contributed by atoms with van der Waals surface area (Å²) in [5, 5.41) is 8.83. The van der Waals surface area contributed by atoms with Gasteiger partial charge in [-0.2, -0.15) is 5.26 Å². The highest BCUT2D eigenvalue weighted by atomic mass is 127. The molecule has 0 aliphatic heterocycles. The van der Waals surface area contributed by atoms with Crippen molar-refractivity contribution in [1.29, 1.82) is 5.26 Å². The van der Waals surface area contributed by atoms with Crippen LogP contribution in [0.4, 0.5) is 14.5 Å². The molecule has 3 nitrogen and oxygen atoms in total. The van der Waals surface area contributed by atoms with E-state index in [4.69, 9.17) is 15.7 Å². The summed E-state index contributed by atoms with van der Waals surface area (Å²) in [6, 6.07) is 7.44. The summed E-state index contributed by atoms with van der Waals surface area (Å²) in [6.45, 7) is -0.302. The van der Waals surface area contributed by atoms with Gasteiger partial charge >= 0.3 is 0 Å². The van der Waals surface area contributed by atoms with E-state index in [1.807, 2.05) is 28.7 Å². The van der Waals surface area contributed by atoms with Crippen LogP contribution in [0.3, 0.4) is 0 Å². The molecule has 0 saturated heterocycles. The average Bonchev–Trinajstić information content (AvgIpc) is 2.45. The average molecular weight is 465 g/mol. The molecular formula is C14H8BrF2IN2O. The number of nitrogen functional groups attached to an aromatic ring is 1. The summed E-state index contributed by atoms with van der Waals surface area (Å²) in [5.41, 5.74) is 6.24. The number of rotatable bonds is 3. The Morgan fingerprint density at radius 3 is 2.67 bits per heavy atom. The Bertz CT molecular complexity index is 723. The van der Waals surface area contributed by atoms with Crippen LogP contribution in [0.25, 0.3) is 0 Å². The van der Waals surface area contributed by atoms with Crippen molar-refractivity contribution in [3.8, 4) is 11.8 Å². The zero-order valence-electron chi connectivity index (χ0n) is 10.5. The van der Waals surface area contributed by atoms with Crippen LogP contribution in [-0.2, 0) is 6.61 Å². The number of anilines is 1. The van der Waals surface area contributed by atoms with Gasteiger partial charge < -0.3 is 10.5 Å². The fraction of sp³-hybridized carbons (Fsp3) is 0.0714. The maximum Gasteiger partial charge on any atom is 0.156 e. The molecule has 0 fully saturated rings. The maximum atomic E-state index is 13.8. The van der Waals surface area contributed by atoms with Gasteiger partial charge in [0.25, 0.3) is 0 Å². The first-order valence-electron chi connectivity index (χ1n) is 5.68. The Morgan fingerprint density at radius 2 is 2.05 bits per heavy atom. The lowest BCUT2D eigenvalue weighted by molar-refractivity contribution is 0.292. The van der Waals surface area contributed by atoms with E-state index in [2.05, 4.69) is 15.9 Å². The molecule has 2 rings (SSSR count). The summed E-state index contributed by atoms with van der Waals surface area (Å²) < 4.78 is 33.7. The van der Waals surface area contributed by atoms with E-state index in [-0.39, 0.29) is 22.3 Å². The molecule has 0 heterocycles. The van der Waals surface area contributed by atoms with Gasteiger partial charge in [-0.3, -0.25) is 0 Å². The van der Waals surface area contributed by atoms with Crippen LogP contribution in [0.5, 0.6) is 5.75 Å². The third kappa shape index (κ3) is 3.44. The zero-order valence-corrected chi connectivity index (χ0v) is 14.2. The van der Waals surface area contributed by atoms with E-state index in [0.29, 0.717) is 14.9 Å². The van der Waals surface area contributed by atoms with Crippen molar-refractivity contribution in [1.82, 2.24) is 0 Å². The number of benzene rings is 2. The van der Waals surface area contributed by atoms with Crippen LogP contribution in [-0.4, -0.2) is 0 Å². The van der Waals surface area contributed by atoms with Crippen molar-refractivity contribution in [2.24, 2.45) is 0 Å². The summed E-state index contributed by atoms with van der Waals surface area (Å²) in [7, 11) is 0. The molecule has 0 aliphatic carbocycles. The number of ether oxygens (including phenoxy) is 1. The van der Waals surface area contributed by atoms with E-state index in [1.54, 1.807) is 6.07 Å². The number of nitrogens with zero attached hydrogens (tertiary/aromatic N) is 1. The van der Waals surface area contributed by atoms with Gasteiger partial charge in [-0.15, -0.1) is 0 Å². The zero-order chi connectivity index (χ0) is 15.6. The van der Waals surface area contributed by atoms with Crippen molar-refractivity contribution in [3.05, 3.63) is 55.1 Å². The Morgan fingerprint density at radius 1 is 1.33 bits per heavy atom. The third-order valence-electron chi connectivity index (χ3n) is 2.70. The quantitative estimate of drug-likeness (QED) is 0.417. The lowest BCUT2D eigenvalue weighted by Gasteiger charge is -2.13. The van der Waals surface area contributed by atoms with Crippen molar-refractivity contribution < 1.29 is 13.5 Å². The van der Waals surface area contributed by atoms with Gasteiger partial charge in [-0.05, 0) is 62.8 Å². The Labute approximate surface area is 142 Å². The maximum absolute atomic E-state index is 13.8. The molecule has 0 atom stereocenters. The van der Waals surface area contributed by atoms with E-state index in [1.165, 1.54) is 12.1 Å². The molecule has 0 aromatic heterocycles. The van der Waals surface area contributed by atoms with Crippen LogP contribution in [0.1, 0.15) is 11.1 Å². The second-order valence-electron chi connectivity index (χ2n) is 4.10. The molecule has 0 saturated carbocycles. The fourth-order valence-electron chi connectivity index (χ4n) is 1.68. The van der Waals surface area contributed by atoms with Gasteiger partial charge in [0.05, 0.1) is 30.9 Å². The van der Waals surface area contributed by atoms with Gasteiger partial charge in [0, 0.05) is 0 Å². The molecule has 0 unspecified atom stereocenters. The molecule has 2 aromatic rings. The molecule has 2 N–H and O–H groups in total. The second kappa shape index (κ2) is 6.58. The SMILES string of the molecule is N#Cc1cc(N)c(OCc2c(F)ccc(Br)c2F)c(I)c1. The van der Waals surface area contributed by atoms with E-state index in [9.17, 15) is 8.78 Å². The first-order valence-corrected chi connectivity index (χ1v) is 7.55. The molecule has 21 heavy (non-hydrogen) atoms. The van der Waals surface area contributed by atoms with Crippen molar-refractivity contribution in [2.45, 2.75) is 6.61 Å². The molecule has 0 aliphatic rings. The first-order chi connectivity index (χ1) is 9.93. The number of nitriles is 1. The second-order valence-corrected chi connectivity index (χ2v) is 6.12. The lowest BCUT2D eigenvalue weighted by Crippen LogP contribution is -2.05. The molecular weight excluding hydrogens is 457 g/mol. The van der Waals surface area contributed by atoms with Crippen LogP contribution in [0.2, 0.25) is 0 Å². The lowest BCUT2D eigenvalue weighted by atomic mass is 10.2. The standard InChI is InChI=1S/C14H8BrF2IN2O/c15-9-1-2-10(16)8(13(9)17)6-21-14-11(18)3-7(5-19)4-12(14)20/h1-4H,6,20H2. The molecule has 0 spiro atoms. The van der Waals surface area contributed by atoms with Crippen molar-refractivity contribution in [2.75, 3.05) is 5.73 Å². The van der Waals surface area contributed by atoms with Crippen LogP contribution in [0, 0.1) is 26.5 Å². The molecule has 0 radical (unpaired) electrons. The van der Waals surface area contributed by atoms with Gasteiger partial charge in [-0.25, -0.2) is 8.78 Å². The van der Waals surface area contributed by atoms with Gasteiger partial charge in [0.2, 0.25) is 0 Å². The topological polar surface area (TPSA) is 59.0 Å². The highest BCUT2D eigenvalue weighted by Crippen LogP contribution is 2.31. The van der Waals surface area contributed by atoms with Crippen LogP contribution in [0.15, 0.2) is 28.7 Å². The molecule has 108 valence electrons. The summed E-state index contributed by atoms with van der Waals surface area (Å²) in [6.07, 6.45) is 0. The number of nitrogens with two attached hydrogens (primary N) is 1. The summed E-state index contributed by atoms with van der Waals surface area (Å²) in [5.74, 6) is -1.11. The minimum atomic E-state index is -0.711. The van der Waals surface area contributed by atoms with Gasteiger partial charge in [0.15, 0.2) is 5.75 Å². The van der Waals surface area contributed by atoms with Gasteiger partial charge in [-0.1, -0.05) is 0 Å². The number of halogens is 4. The third-order valence-corrected chi connectivity index (χ3v) is 4.11. The predicted molar refractivity (Wildman–Crippen MR) is 86.7 cm³/mol. The van der Waals surface area contributed by atoms with Crippen LogP contribution >= 0.6 is 38.5 Å². The van der Waals surface area contributed by atoms with Crippen molar-refractivity contribution in [3.63, 3.8) is 0 Å². The Balaban J connectivity index is 2.30. The normalized spacial score (nSPS) is 10.2. The van der Waals surface area contributed by atoms with Gasteiger partial charge in [0.1, 0.15) is 18.2 Å². The summed E-state index contributed by atoms with van der Waals surface area (Å²) in [4.78, 5) is 0. The van der Waals surface area contributed by atoms with E-state index >= 15 is 0 Å². The van der Waals surface area contributed by atoms with E-state index in [0.717, 1.165) is 6.07 Å². The Hall–Kier alpha value is -1.40. The number of hydrogen-bond donors (Lipinski definition) is 1.